The second-order valence-corrected chi connectivity index (χ2v) is 6.17. The molecule has 0 bridgehead atoms. The summed E-state index contributed by atoms with van der Waals surface area (Å²) < 4.78 is 10.7. The first-order valence-electron chi connectivity index (χ1n) is 8.36. The van der Waals surface area contributed by atoms with Crippen molar-refractivity contribution >= 4 is 0 Å². The molecule has 4 nitrogen and oxygen atoms in total. The quantitative estimate of drug-likeness (QED) is 0.516. The van der Waals surface area contributed by atoms with E-state index in [1.165, 1.54) is 18.3 Å². The van der Waals surface area contributed by atoms with E-state index in [4.69, 9.17) is 9.47 Å². The molecule has 0 aromatic heterocycles. The zero-order valence-corrected chi connectivity index (χ0v) is 15.7. The van der Waals surface area contributed by atoms with Crippen LogP contribution in [0.5, 0.6) is 23.0 Å². The standard InChI is InChI=1S/C20H30O4/c1-7-24-20-18(22)16(15(5)17(21)19(20)23-6)12-11-14(4)10-8-9-13(2)3/h9,11,21-22H,7-8,10,12H2,1-6H3/b14-11+. The third-order valence-electron chi connectivity index (χ3n) is 3.97. The number of phenols is 2. The molecule has 0 aliphatic heterocycles. The van der Waals surface area contributed by atoms with Crippen LogP contribution in [-0.4, -0.2) is 23.9 Å². The van der Waals surface area contributed by atoms with Crippen molar-refractivity contribution < 1.29 is 19.7 Å². The van der Waals surface area contributed by atoms with Gasteiger partial charge in [0.1, 0.15) is 0 Å². The molecule has 0 spiro atoms. The molecule has 2 N–H and O–H groups in total. The summed E-state index contributed by atoms with van der Waals surface area (Å²) in [6, 6.07) is 0. The number of hydrogen-bond donors (Lipinski definition) is 2. The predicted octanol–water partition coefficient (Wildman–Crippen LogP) is 5.05. The van der Waals surface area contributed by atoms with Crippen LogP contribution >= 0.6 is 0 Å². The monoisotopic (exact) mass is 334 g/mol. The van der Waals surface area contributed by atoms with E-state index in [0.29, 0.717) is 24.2 Å². The highest BCUT2D eigenvalue weighted by molar-refractivity contribution is 5.66. The van der Waals surface area contributed by atoms with E-state index in [1.54, 1.807) is 6.92 Å². The topological polar surface area (TPSA) is 58.9 Å². The SMILES string of the molecule is CCOc1c(O)c(C/C=C(\C)CCC=C(C)C)c(C)c(O)c1OC. The van der Waals surface area contributed by atoms with Gasteiger partial charge in [0.2, 0.25) is 11.5 Å². The highest BCUT2D eigenvalue weighted by atomic mass is 16.5. The number of allylic oxidation sites excluding steroid dienone is 4. The second kappa shape index (κ2) is 9.26. The highest BCUT2D eigenvalue weighted by Gasteiger charge is 2.22. The molecular formula is C20H30O4. The lowest BCUT2D eigenvalue weighted by Gasteiger charge is -2.18. The fourth-order valence-electron chi connectivity index (χ4n) is 2.53. The summed E-state index contributed by atoms with van der Waals surface area (Å²) in [5.74, 6) is 0.440. The lowest BCUT2D eigenvalue weighted by Crippen LogP contribution is -2.01. The van der Waals surface area contributed by atoms with Crippen molar-refractivity contribution in [2.75, 3.05) is 13.7 Å². The van der Waals surface area contributed by atoms with E-state index in [9.17, 15) is 10.2 Å². The van der Waals surface area contributed by atoms with E-state index < -0.39 is 0 Å². The highest BCUT2D eigenvalue weighted by Crippen LogP contribution is 2.48. The van der Waals surface area contributed by atoms with Crippen LogP contribution in [0.25, 0.3) is 0 Å². The Morgan fingerprint density at radius 3 is 2.25 bits per heavy atom. The maximum absolute atomic E-state index is 10.5. The zero-order valence-electron chi connectivity index (χ0n) is 15.7. The average Bonchev–Trinajstić information content (AvgIpc) is 2.52. The fraction of sp³-hybridized carbons (Fsp3) is 0.500. The molecule has 0 saturated heterocycles. The number of hydrogen-bond acceptors (Lipinski definition) is 4. The summed E-state index contributed by atoms with van der Waals surface area (Å²) in [6.07, 6.45) is 6.82. The van der Waals surface area contributed by atoms with E-state index in [2.05, 4.69) is 32.9 Å². The molecule has 0 aliphatic carbocycles. The van der Waals surface area contributed by atoms with Gasteiger partial charge >= 0.3 is 0 Å². The Labute approximate surface area is 145 Å². The molecule has 24 heavy (non-hydrogen) atoms. The minimum Gasteiger partial charge on any atom is -0.504 e. The van der Waals surface area contributed by atoms with Crippen molar-refractivity contribution in [3.8, 4) is 23.0 Å². The van der Waals surface area contributed by atoms with E-state index in [-0.39, 0.29) is 23.0 Å². The number of aromatic hydroxyl groups is 2. The van der Waals surface area contributed by atoms with Gasteiger partial charge in [-0.15, -0.1) is 0 Å². The van der Waals surface area contributed by atoms with E-state index in [0.717, 1.165) is 12.8 Å². The molecule has 0 heterocycles. The average molecular weight is 334 g/mol. The number of ether oxygens (including phenoxy) is 2. The molecule has 0 aliphatic rings. The van der Waals surface area contributed by atoms with Crippen molar-refractivity contribution in [2.24, 2.45) is 0 Å². The molecule has 0 amide bonds. The summed E-state index contributed by atoms with van der Waals surface area (Å²) in [5, 5.41) is 20.9. The first-order valence-corrected chi connectivity index (χ1v) is 8.36. The van der Waals surface area contributed by atoms with E-state index in [1.807, 2.05) is 6.92 Å². The molecular weight excluding hydrogens is 304 g/mol. The van der Waals surface area contributed by atoms with Crippen LogP contribution in [0, 0.1) is 6.92 Å². The summed E-state index contributed by atoms with van der Waals surface area (Å²) in [5.41, 5.74) is 3.84. The predicted molar refractivity (Wildman–Crippen MR) is 98.4 cm³/mol. The van der Waals surface area contributed by atoms with Crippen LogP contribution in [0.1, 0.15) is 51.7 Å². The summed E-state index contributed by atoms with van der Waals surface area (Å²) in [6.45, 7) is 10.2. The van der Waals surface area contributed by atoms with Crippen molar-refractivity contribution in [3.63, 3.8) is 0 Å². The molecule has 0 fully saturated rings. The molecule has 134 valence electrons. The van der Waals surface area contributed by atoms with Gasteiger partial charge in [-0.2, -0.15) is 0 Å². The molecule has 0 atom stereocenters. The summed E-state index contributed by atoms with van der Waals surface area (Å²) in [4.78, 5) is 0. The van der Waals surface area contributed by atoms with Gasteiger partial charge in [0.25, 0.3) is 0 Å². The lowest BCUT2D eigenvalue weighted by atomic mass is 9.99. The van der Waals surface area contributed by atoms with Crippen molar-refractivity contribution in [1.29, 1.82) is 0 Å². The smallest absolute Gasteiger partial charge is 0.207 e. The first kappa shape index (κ1) is 19.9. The fourth-order valence-corrected chi connectivity index (χ4v) is 2.53. The van der Waals surface area contributed by atoms with Gasteiger partial charge in [0, 0.05) is 11.1 Å². The van der Waals surface area contributed by atoms with Crippen molar-refractivity contribution in [2.45, 2.75) is 53.9 Å². The minimum atomic E-state index is 0.0179. The van der Waals surface area contributed by atoms with E-state index >= 15 is 0 Å². The number of benzene rings is 1. The number of rotatable bonds is 8. The van der Waals surface area contributed by atoms with Gasteiger partial charge < -0.3 is 19.7 Å². The third kappa shape index (κ3) is 4.95. The maximum atomic E-state index is 10.5. The van der Waals surface area contributed by atoms with Crippen molar-refractivity contribution in [3.05, 3.63) is 34.4 Å². The van der Waals surface area contributed by atoms with Gasteiger partial charge in [-0.3, -0.25) is 0 Å². The second-order valence-electron chi connectivity index (χ2n) is 6.17. The Hall–Kier alpha value is -2.10. The zero-order chi connectivity index (χ0) is 18.3. The number of phenolic OH excluding ortho intramolecular Hbond substituents is 2. The van der Waals surface area contributed by atoms with Crippen LogP contribution in [-0.2, 0) is 6.42 Å². The largest absolute Gasteiger partial charge is 0.504 e. The van der Waals surface area contributed by atoms with Crippen LogP contribution in [0.3, 0.4) is 0 Å². The molecule has 1 aromatic rings. The third-order valence-corrected chi connectivity index (χ3v) is 3.97. The molecule has 1 rings (SSSR count). The molecule has 4 heteroatoms. The van der Waals surface area contributed by atoms with Gasteiger partial charge in [0.15, 0.2) is 11.5 Å². The summed E-state index contributed by atoms with van der Waals surface area (Å²) in [7, 11) is 1.45. The van der Waals surface area contributed by atoms with Gasteiger partial charge in [-0.25, -0.2) is 0 Å². The Morgan fingerprint density at radius 2 is 1.71 bits per heavy atom. The minimum absolute atomic E-state index is 0.0179. The Morgan fingerprint density at radius 1 is 1.04 bits per heavy atom. The van der Waals surface area contributed by atoms with Gasteiger partial charge in [-0.1, -0.05) is 23.3 Å². The summed E-state index contributed by atoms with van der Waals surface area (Å²) >= 11 is 0. The Bertz CT molecular complexity index is 623. The van der Waals surface area contributed by atoms with Crippen LogP contribution in [0.4, 0.5) is 0 Å². The van der Waals surface area contributed by atoms with Gasteiger partial charge in [-0.05, 0) is 53.9 Å². The van der Waals surface area contributed by atoms with Crippen LogP contribution in [0.15, 0.2) is 23.3 Å². The first-order chi connectivity index (χ1) is 11.3. The normalized spacial score (nSPS) is 11.3. The molecule has 1 aromatic carbocycles. The van der Waals surface area contributed by atoms with Gasteiger partial charge in [0.05, 0.1) is 13.7 Å². The lowest BCUT2D eigenvalue weighted by molar-refractivity contribution is 0.282. The van der Waals surface area contributed by atoms with Crippen LogP contribution in [0.2, 0.25) is 0 Å². The van der Waals surface area contributed by atoms with Crippen LogP contribution < -0.4 is 9.47 Å². The number of methoxy groups -OCH3 is 1. The Balaban J connectivity index is 3.09. The molecule has 0 unspecified atom stereocenters. The maximum Gasteiger partial charge on any atom is 0.207 e. The Kier molecular flexibility index (Phi) is 7.69. The molecule has 0 saturated carbocycles. The molecule has 0 radical (unpaired) electrons. The van der Waals surface area contributed by atoms with Crippen molar-refractivity contribution in [1.82, 2.24) is 0 Å².